The average molecular weight is 446 g/mol. The van der Waals surface area contributed by atoms with Gasteiger partial charge in [0.05, 0.1) is 12.2 Å². The van der Waals surface area contributed by atoms with Gasteiger partial charge >= 0.3 is 23.9 Å². The zero-order valence-corrected chi connectivity index (χ0v) is 16.5. The molecule has 0 bridgehead atoms. The third-order valence-corrected chi connectivity index (χ3v) is 3.56. The van der Waals surface area contributed by atoms with Gasteiger partial charge in [0.15, 0.2) is 24.4 Å². The Morgan fingerprint density at radius 3 is 1.10 bits per heavy atom. The Kier molecular flexibility index (Phi) is 17.7. The number of rotatable bonds is 11. The van der Waals surface area contributed by atoms with Gasteiger partial charge in [-0.2, -0.15) is 0 Å². The highest BCUT2D eigenvalue weighted by Crippen LogP contribution is 2.16. The summed E-state index contributed by atoms with van der Waals surface area (Å²) in [4.78, 5) is 39.1. The molecule has 0 aromatic rings. The van der Waals surface area contributed by atoms with E-state index < -0.39 is 53.9 Å². The lowest BCUT2D eigenvalue weighted by atomic mass is 9.95. The number of hydrogen-bond acceptors (Lipinski definition) is 10. The summed E-state index contributed by atoms with van der Waals surface area (Å²) in [6.07, 6.45) is -5.64. The fraction of sp³-hybridized carbons (Fsp3) is 0.750. The van der Waals surface area contributed by atoms with Gasteiger partial charge in [-0.25, -0.2) is 19.2 Å². The molecule has 0 aliphatic rings. The van der Waals surface area contributed by atoms with Gasteiger partial charge in [-0.1, -0.05) is 26.7 Å². The smallest absolute Gasteiger partial charge is 0.335 e. The van der Waals surface area contributed by atoms with E-state index >= 15 is 0 Å². The Labute approximate surface area is 171 Å². The predicted octanol–water partition coefficient (Wildman–Crippen LogP) is -2.94. The monoisotopic (exact) mass is 446 g/mol. The van der Waals surface area contributed by atoms with Crippen molar-refractivity contribution in [3.63, 3.8) is 0 Å². The second-order valence-corrected chi connectivity index (χ2v) is 5.97. The predicted molar refractivity (Wildman–Crippen MR) is 96.4 cm³/mol. The van der Waals surface area contributed by atoms with E-state index in [1.54, 1.807) is 0 Å². The van der Waals surface area contributed by atoms with Crippen molar-refractivity contribution in [2.24, 2.45) is 0 Å². The molecule has 0 radical (unpaired) electrons. The summed E-state index contributed by atoms with van der Waals surface area (Å²) in [5.74, 6) is -7.07. The molecular weight excluding hydrogens is 416 g/mol. The maximum atomic E-state index is 9.77. The molecule has 10 N–H and O–H groups in total. The average Bonchev–Trinajstić information content (AvgIpc) is 2.70. The molecule has 0 fully saturated rings. The Morgan fingerprint density at radius 1 is 0.700 bits per heavy atom. The van der Waals surface area contributed by atoms with Crippen LogP contribution in [0.5, 0.6) is 0 Å². The van der Waals surface area contributed by atoms with Gasteiger partial charge in [0.2, 0.25) is 0 Å². The number of unbranched alkanes of at least 4 members (excludes halogenated alkanes) is 1. The van der Waals surface area contributed by atoms with E-state index in [1.165, 1.54) is 0 Å². The number of hydrogen-bond donors (Lipinski definition) is 10. The van der Waals surface area contributed by atoms with Crippen molar-refractivity contribution in [1.82, 2.24) is 0 Å². The van der Waals surface area contributed by atoms with E-state index in [1.807, 2.05) is 6.92 Å². The molecule has 0 rings (SSSR count). The fourth-order valence-electron chi connectivity index (χ4n) is 1.41. The van der Waals surface area contributed by atoms with Crippen molar-refractivity contribution in [2.45, 2.75) is 69.5 Å². The van der Waals surface area contributed by atoms with Crippen LogP contribution in [0.2, 0.25) is 0 Å². The quantitative estimate of drug-likeness (QED) is 0.152. The molecule has 0 amide bonds. The van der Waals surface area contributed by atoms with Crippen molar-refractivity contribution in [1.29, 1.82) is 0 Å². The number of aliphatic hydroxyl groups is 6. The van der Waals surface area contributed by atoms with Crippen LogP contribution in [-0.2, 0) is 19.2 Å². The summed E-state index contributed by atoms with van der Waals surface area (Å²) in [6.45, 7) is 3.86. The van der Waals surface area contributed by atoms with E-state index in [-0.39, 0.29) is 6.61 Å². The SMILES string of the molecule is CCCCC(O)(CC)CO.O=C(O)C(O)C(O)C(=O)O.O=C(O)C(O)C(O)C(=O)O. The molecule has 14 nitrogen and oxygen atoms in total. The Hall–Kier alpha value is -2.36. The summed E-state index contributed by atoms with van der Waals surface area (Å²) >= 11 is 0. The van der Waals surface area contributed by atoms with Crippen LogP contribution in [0.25, 0.3) is 0 Å². The second-order valence-electron chi connectivity index (χ2n) is 5.97. The summed E-state index contributed by atoms with van der Waals surface area (Å²) in [5.41, 5.74) is -0.810. The van der Waals surface area contributed by atoms with Crippen LogP contribution in [0.3, 0.4) is 0 Å². The van der Waals surface area contributed by atoms with Crippen molar-refractivity contribution < 1.29 is 70.2 Å². The van der Waals surface area contributed by atoms with Crippen LogP contribution >= 0.6 is 0 Å². The number of carbonyl (C=O) groups is 4. The molecule has 30 heavy (non-hydrogen) atoms. The second kappa shape index (κ2) is 16.4. The van der Waals surface area contributed by atoms with Gasteiger partial charge in [-0.05, 0) is 12.8 Å². The van der Waals surface area contributed by atoms with Gasteiger partial charge in [0.25, 0.3) is 0 Å². The van der Waals surface area contributed by atoms with Gasteiger partial charge in [-0.15, -0.1) is 0 Å². The summed E-state index contributed by atoms with van der Waals surface area (Å²) in [7, 11) is 0. The first-order chi connectivity index (χ1) is 13.6. The third-order valence-electron chi connectivity index (χ3n) is 3.56. The maximum absolute atomic E-state index is 9.77. The normalized spacial score (nSPS) is 16.1. The molecule has 0 aromatic carbocycles. The molecule has 0 saturated heterocycles. The molecule has 5 atom stereocenters. The molecule has 0 aliphatic carbocycles. The van der Waals surface area contributed by atoms with Crippen LogP contribution in [0, 0.1) is 0 Å². The topological polar surface area (TPSA) is 271 Å². The Bertz CT molecular complexity index is 458. The van der Waals surface area contributed by atoms with Crippen LogP contribution < -0.4 is 0 Å². The molecule has 0 heterocycles. The number of carboxylic acids is 4. The minimum atomic E-state index is -2.27. The van der Waals surface area contributed by atoms with E-state index in [4.69, 9.17) is 46.0 Å². The maximum Gasteiger partial charge on any atom is 0.335 e. The van der Waals surface area contributed by atoms with Crippen molar-refractivity contribution in [3.05, 3.63) is 0 Å². The highest BCUT2D eigenvalue weighted by Gasteiger charge is 2.30. The molecule has 178 valence electrons. The number of aliphatic hydroxyl groups excluding tert-OH is 5. The van der Waals surface area contributed by atoms with E-state index in [0.717, 1.165) is 19.3 Å². The number of aliphatic carboxylic acids is 4. The first-order valence-corrected chi connectivity index (χ1v) is 8.58. The zero-order valence-electron chi connectivity index (χ0n) is 16.5. The summed E-state index contributed by atoms with van der Waals surface area (Å²) in [5, 5.41) is 83.3. The lowest BCUT2D eigenvalue weighted by Gasteiger charge is -2.23. The molecule has 0 aliphatic heterocycles. The van der Waals surface area contributed by atoms with Gasteiger partial charge < -0.3 is 51.1 Å². The van der Waals surface area contributed by atoms with Crippen molar-refractivity contribution in [2.75, 3.05) is 6.61 Å². The standard InChI is InChI=1S/C8H18O2.2C4H6O6/c1-3-5-6-8(10,4-2)7-9;2*5-1(3(7)8)2(6)4(9)10/h9-10H,3-7H2,1-2H3;2*1-2,5-6H,(H,7,8)(H,9,10). The van der Waals surface area contributed by atoms with Crippen molar-refractivity contribution >= 4 is 23.9 Å². The molecule has 0 aromatic heterocycles. The summed E-state index contributed by atoms with van der Waals surface area (Å²) in [6, 6.07) is 0. The van der Waals surface area contributed by atoms with Gasteiger partial charge in [0, 0.05) is 0 Å². The van der Waals surface area contributed by atoms with Crippen molar-refractivity contribution in [3.8, 4) is 0 Å². The molecule has 0 saturated carbocycles. The van der Waals surface area contributed by atoms with Crippen LogP contribution in [0.15, 0.2) is 0 Å². The highest BCUT2D eigenvalue weighted by molar-refractivity contribution is 5.83. The lowest BCUT2D eigenvalue weighted by molar-refractivity contribution is -0.165. The molecule has 5 unspecified atom stereocenters. The van der Waals surface area contributed by atoms with Crippen LogP contribution in [0.4, 0.5) is 0 Å². The first-order valence-electron chi connectivity index (χ1n) is 8.58. The molecule has 14 heteroatoms. The van der Waals surface area contributed by atoms with E-state index in [9.17, 15) is 24.3 Å². The largest absolute Gasteiger partial charge is 0.479 e. The Morgan fingerprint density at radius 2 is 0.967 bits per heavy atom. The minimum Gasteiger partial charge on any atom is -0.479 e. The number of carboxylic acid groups (broad SMARTS) is 4. The molecule has 0 spiro atoms. The highest BCUT2D eigenvalue weighted by atomic mass is 16.4. The molecular formula is C16H30O14. The van der Waals surface area contributed by atoms with Gasteiger partial charge in [-0.3, -0.25) is 0 Å². The van der Waals surface area contributed by atoms with E-state index in [2.05, 4.69) is 6.92 Å². The van der Waals surface area contributed by atoms with Gasteiger partial charge in [0.1, 0.15) is 0 Å². The Balaban J connectivity index is -0.000000364. The lowest BCUT2D eigenvalue weighted by Crippen LogP contribution is -2.39. The van der Waals surface area contributed by atoms with Crippen LogP contribution in [0.1, 0.15) is 39.5 Å². The van der Waals surface area contributed by atoms with E-state index in [0.29, 0.717) is 6.42 Å². The first kappa shape index (κ1) is 32.3. The minimum absolute atomic E-state index is 0.108. The fourth-order valence-corrected chi connectivity index (χ4v) is 1.41. The third kappa shape index (κ3) is 14.6. The van der Waals surface area contributed by atoms with Crippen LogP contribution in [-0.4, -0.2) is 112 Å². The zero-order chi connectivity index (χ0) is 24.7. The summed E-state index contributed by atoms with van der Waals surface area (Å²) < 4.78 is 0.